The first-order valence-corrected chi connectivity index (χ1v) is 11.4. The van der Waals surface area contributed by atoms with Gasteiger partial charge in [0.05, 0.1) is 16.5 Å². The smallest absolute Gasteiger partial charge is 0.263 e. The molecule has 0 aliphatic carbocycles. The SMILES string of the molecule is COCC(C)NS(=O)(=O)c1ccc(NS(=O)(=O)c2cc(Cl)ccc2Cl)cc1. The van der Waals surface area contributed by atoms with E-state index in [0.717, 1.165) is 0 Å². The molecule has 0 saturated carbocycles. The highest BCUT2D eigenvalue weighted by atomic mass is 35.5. The fourth-order valence-corrected chi connectivity index (χ4v) is 5.26. The fourth-order valence-electron chi connectivity index (χ4n) is 2.21. The molecule has 148 valence electrons. The summed E-state index contributed by atoms with van der Waals surface area (Å²) in [5, 5.41) is 0.236. The molecule has 1 unspecified atom stereocenters. The van der Waals surface area contributed by atoms with E-state index in [1.807, 2.05) is 0 Å². The molecule has 0 fully saturated rings. The Kier molecular flexibility index (Phi) is 7.12. The summed E-state index contributed by atoms with van der Waals surface area (Å²) >= 11 is 11.8. The van der Waals surface area contributed by atoms with Crippen LogP contribution in [0.5, 0.6) is 0 Å². The van der Waals surface area contributed by atoms with Crippen molar-refractivity contribution in [2.75, 3.05) is 18.4 Å². The molecule has 1 atom stereocenters. The molecule has 0 aliphatic heterocycles. The summed E-state index contributed by atoms with van der Waals surface area (Å²) in [6.45, 7) is 1.88. The molecule has 0 aromatic heterocycles. The summed E-state index contributed by atoms with van der Waals surface area (Å²) in [6.07, 6.45) is 0. The van der Waals surface area contributed by atoms with Gasteiger partial charge in [-0.15, -0.1) is 0 Å². The second-order valence-corrected chi connectivity index (χ2v) is 9.89. The van der Waals surface area contributed by atoms with E-state index in [0.29, 0.717) is 0 Å². The minimum Gasteiger partial charge on any atom is -0.383 e. The van der Waals surface area contributed by atoms with Gasteiger partial charge in [-0.1, -0.05) is 23.2 Å². The number of methoxy groups -OCH3 is 1. The number of rotatable bonds is 8. The third-order valence-corrected chi connectivity index (χ3v) is 7.08. The zero-order chi connectivity index (χ0) is 20.2. The highest BCUT2D eigenvalue weighted by Gasteiger charge is 2.20. The zero-order valence-corrected chi connectivity index (χ0v) is 17.6. The predicted octanol–water partition coefficient (Wildman–Crippen LogP) is 3.11. The standard InChI is InChI=1S/C16H18Cl2N2O5S2/c1-11(10-25-2)19-26(21,22)14-6-4-13(5-7-14)20-27(23,24)16-9-12(17)3-8-15(16)18/h3-9,11,19-20H,10H2,1-2H3. The molecule has 0 amide bonds. The van der Waals surface area contributed by atoms with Crippen LogP contribution < -0.4 is 9.44 Å². The van der Waals surface area contributed by atoms with Crippen molar-refractivity contribution in [3.8, 4) is 0 Å². The molecule has 0 radical (unpaired) electrons. The molecule has 2 rings (SSSR count). The third-order valence-electron chi connectivity index (χ3n) is 3.37. The lowest BCUT2D eigenvalue weighted by Crippen LogP contribution is -2.35. The molecule has 0 bridgehead atoms. The van der Waals surface area contributed by atoms with E-state index < -0.39 is 26.1 Å². The van der Waals surface area contributed by atoms with Gasteiger partial charge in [-0.3, -0.25) is 4.72 Å². The van der Waals surface area contributed by atoms with Crippen LogP contribution in [0.2, 0.25) is 10.0 Å². The van der Waals surface area contributed by atoms with E-state index in [1.165, 1.54) is 49.6 Å². The number of anilines is 1. The number of benzene rings is 2. The Morgan fingerprint density at radius 2 is 1.63 bits per heavy atom. The minimum atomic E-state index is -3.99. The van der Waals surface area contributed by atoms with Crippen molar-refractivity contribution >= 4 is 48.9 Å². The molecule has 7 nitrogen and oxygen atoms in total. The van der Waals surface area contributed by atoms with Crippen LogP contribution in [0.25, 0.3) is 0 Å². The summed E-state index contributed by atoms with van der Waals surface area (Å²) in [6, 6.07) is 8.92. The summed E-state index contributed by atoms with van der Waals surface area (Å²) in [5.41, 5.74) is 0.176. The Morgan fingerprint density at radius 1 is 1.00 bits per heavy atom. The summed E-state index contributed by atoms with van der Waals surface area (Å²) in [4.78, 5) is -0.183. The van der Waals surface area contributed by atoms with Crippen molar-refractivity contribution in [2.45, 2.75) is 22.8 Å². The van der Waals surface area contributed by atoms with E-state index in [2.05, 4.69) is 9.44 Å². The lowest BCUT2D eigenvalue weighted by atomic mass is 10.3. The van der Waals surface area contributed by atoms with Gasteiger partial charge in [0, 0.05) is 23.9 Å². The molecule has 0 aliphatic rings. The molecule has 2 aromatic rings. The molecular formula is C16H18Cl2N2O5S2. The van der Waals surface area contributed by atoms with Crippen molar-refractivity contribution in [1.29, 1.82) is 0 Å². The Morgan fingerprint density at radius 3 is 2.22 bits per heavy atom. The van der Waals surface area contributed by atoms with Gasteiger partial charge in [0.1, 0.15) is 4.90 Å². The molecule has 2 aromatic carbocycles. The largest absolute Gasteiger partial charge is 0.383 e. The van der Waals surface area contributed by atoms with Gasteiger partial charge in [0.2, 0.25) is 10.0 Å². The first-order valence-electron chi connectivity index (χ1n) is 7.64. The maximum absolute atomic E-state index is 12.5. The van der Waals surface area contributed by atoms with E-state index in [1.54, 1.807) is 6.92 Å². The average Bonchev–Trinajstić information content (AvgIpc) is 2.57. The van der Waals surface area contributed by atoms with E-state index in [4.69, 9.17) is 27.9 Å². The second kappa shape index (κ2) is 8.76. The molecule has 27 heavy (non-hydrogen) atoms. The maximum Gasteiger partial charge on any atom is 0.263 e. The first-order chi connectivity index (χ1) is 12.5. The van der Waals surface area contributed by atoms with Crippen molar-refractivity contribution in [3.63, 3.8) is 0 Å². The summed E-state index contributed by atoms with van der Waals surface area (Å²) in [5.74, 6) is 0. The molecular weight excluding hydrogens is 435 g/mol. The Bertz CT molecular complexity index is 1010. The molecule has 0 heterocycles. The number of sulfonamides is 2. The summed E-state index contributed by atoms with van der Waals surface area (Å²) in [7, 11) is -6.27. The number of nitrogens with one attached hydrogen (secondary N) is 2. The van der Waals surface area contributed by atoms with Gasteiger partial charge in [-0.25, -0.2) is 21.6 Å². The molecule has 0 saturated heterocycles. The lowest BCUT2D eigenvalue weighted by Gasteiger charge is -2.14. The van der Waals surface area contributed by atoms with E-state index >= 15 is 0 Å². The van der Waals surface area contributed by atoms with Crippen LogP contribution in [0.4, 0.5) is 5.69 Å². The van der Waals surface area contributed by atoms with Crippen LogP contribution in [0.1, 0.15) is 6.92 Å². The van der Waals surface area contributed by atoms with E-state index in [9.17, 15) is 16.8 Å². The Labute approximate surface area is 168 Å². The maximum atomic E-state index is 12.5. The van der Waals surface area contributed by atoms with Crippen LogP contribution in [-0.4, -0.2) is 36.6 Å². The van der Waals surface area contributed by atoms with Crippen LogP contribution >= 0.6 is 23.2 Å². The fraction of sp³-hybridized carbons (Fsp3) is 0.250. The lowest BCUT2D eigenvalue weighted by molar-refractivity contribution is 0.180. The van der Waals surface area contributed by atoms with E-state index in [-0.39, 0.29) is 32.1 Å². The quantitative estimate of drug-likeness (QED) is 0.640. The van der Waals surface area contributed by atoms with Gasteiger partial charge in [0.25, 0.3) is 10.0 Å². The predicted molar refractivity (Wildman–Crippen MR) is 105 cm³/mol. The highest BCUT2D eigenvalue weighted by molar-refractivity contribution is 7.92. The van der Waals surface area contributed by atoms with Crippen LogP contribution in [0.15, 0.2) is 52.3 Å². The van der Waals surface area contributed by atoms with Crippen LogP contribution in [0, 0.1) is 0 Å². The van der Waals surface area contributed by atoms with Gasteiger partial charge in [-0.05, 0) is 49.4 Å². The number of hydrogen-bond acceptors (Lipinski definition) is 5. The topological polar surface area (TPSA) is 102 Å². The van der Waals surface area contributed by atoms with Gasteiger partial charge in [-0.2, -0.15) is 0 Å². The number of hydrogen-bond donors (Lipinski definition) is 2. The highest BCUT2D eigenvalue weighted by Crippen LogP contribution is 2.27. The first kappa shape index (κ1) is 21.9. The second-order valence-electron chi connectivity index (χ2n) is 5.68. The Balaban J connectivity index is 2.21. The van der Waals surface area contributed by atoms with Crippen LogP contribution in [0.3, 0.4) is 0 Å². The van der Waals surface area contributed by atoms with Gasteiger partial charge < -0.3 is 4.74 Å². The Hall–Kier alpha value is -1.36. The monoisotopic (exact) mass is 452 g/mol. The van der Waals surface area contributed by atoms with Crippen LogP contribution in [-0.2, 0) is 24.8 Å². The summed E-state index contributed by atoms with van der Waals surface area (Å²) < 4.78 is 59.2. The minimum absolute atomic E-state index is 0.00538. The average molecular weight is 453 g/mol. The zero-order valence-electron chi connectivity index (χ0n) is 14.4. The normalized spacial score (nSPS) is 13.3. The van der Waals surface area contributed by atoms with Gasteiger partial charge >= 0.3 is 0 Å². The molecule has 2 N–H and O–H groups in total. The molecule has 0 spiro atoms. The van der Waals surface area contributed by atoms with Crippen molar-refractivity contribution in [2.24, 2.45) is 0 Å². The number of halogens is 2. The third kappa shape index (κ3) is 5.81. The van der Waals surface area contributed by atoms with Gasteiger partial charge in [0.15, 0.2) is 0 Å². The van der Waals surface area contributed by atoms with Crippen molar-refractivity contribution in [3.05, 3.63) is 52.5 Å². The van der Waals surface area contributed by atoms with Crippen molar-refractivity contribution in [1.82, 2.24) is 4.72 Å². The number of ether oxygens (including phenoxy) is 1. The molecule has 11 heteroatoms. The van der Waals surface area contributed by atoms with Crippen molar-refractivity contribution < 1.29 is 21.6 Å².